The number of hydrogen-bond acceptors (Lipinski definition) is 7. The number of rotatable bonds is 3. The van der Waals surface area contributed by atoms with Crippen molar-refractivity contribution < 1.29 is 23.9 Å². The molecule has 1 aromatic heterocycles. The number of carboxylic acid groups (broad SMARTS) is 1. The van der Waals surface area contributed by atoms with Crippen LogP contribution in [0.3, 0.4) is 0 Å². The molecule has 10 heteroatoms. The van der Waals surface area contributed by atoms with Crippen molar-refractivity contribution in [2.24, 2.45) is 16.8 Å². The predicted octanol–water partition coefficient (Wildman–Crippen LogP) is 0.942. The Labute approximate surface area is 164 Å². The molecule has 1 fully saturated rings. The Morgan fingerprint density at radius 1 is 1.45 bits per heavy atom. The number of ether oxygens (including phenoxy) is 1. The van der Waals surface area contributed by atoms with Crippen molar-refractivity contribution >= 4 is 28.3 Å². The number of fused-ring (bicyclic) bond motifs is 1. The van der Waals surface area contributed by atoms with E-state index in [4.69, 9.17) is 15.3 Å². The molecule has 3 aliphatic rings. The van der Waals surface area contributed by atoms with Crippen molar-refractivity contribution in [3.05, 3.63) is 33.9 Å². The lowest BCUT2D eigenvalue weighted by atomic mass is 10.0. The average Bonchev–Trinajstić information content (AvgIpc) is 3.26. The van der Waals surface area contributed by atoms with Gasteiger partial charge in [-0.2, -0.15) is 0 Å². The summed E-state index contributed by atoms with van der Waals surface area (Å²) in [6.45, 7) is 3.22. The van der Waals surface area contributed by atoms with Gasteiger partial charge in [-0.1, -0.05) is 5.16 Å². The highest BCUT2D eigenvalue weighted by Gasteiger charge is 2.44. The summed E-state index contributed by atoms with van der Waals surface area (Å²) in [5.41, 5.74) is 5.99. The molecule has 0 aliphatic carbocycles. The van der Waals surface area contributed by atoms with Crippen molar-refractivity contribution in [2.75, 3.05) is 31.1 Å². The van der Waals surface area contributed by atoms with E-state index in [2.05, 4.69) is 5.16 Å². The van der Waals surface area contributed by atoms with E-state index in [1.54, 1.807) is 4.57 Å². The van der Waals surface area contributed by atoms with E-state index in [1.165, 1.54) is 6.20 Å². The lowest BCUT2D eigenvalue weighted by molar-refractivity contribution is 0.0694. The van der Waals surface area contributed by atoms with Gasteiger partial charge in [-0.15, -0.1) is 0 Å². The van der Waals surface area contributed by atoms with Crippen LogP contribution in [0.1, 0.15) is 23.3 Å². The number of nitrogens with zero attached hydrogens (tertiary/aromatic N) is 3. The molecule has 29 heavy (non-hydrogen) atoms. The first-order chi connectivity index (χ1) is 13.9. The van der Waals surface area contributed by atoms with E-state index in [0.717, 1.165) is 11.8 Å². The van der Waals surface area contributed by atoms with Crippen LogP contribution in [0.5, 0.6) is 5.75 Å². The molecule has 0 amide bonds. The Hall–Kier alpha value is -3.14. The number of benzene rings is 1. The van der Waals surface area contributed by atoms with Gasteiger partial charge in [0.1, 0.15) is 17.9 Å². The predicted molar refractivity (Wildman–Crippen MR) is 102 cm³/mol. The van der Waals surface area contributed by atoms with Gasteiger partial charge < -0.3 is 29.9 Å². The molecule has 2 aromatic rings. The van der Waals surface area contributed by atoms with Crippen LogP contribution in [0, 0.1) is 11.7 Å². The largest absolute Gasteiger partial charge is 0.487 e. The molecule has 4 heterocycles. The summed E-state index contributed by atoms with van der Waals surface area (Å²) in [6.07, 6.45) is 1.10. The third-order valence-corrected chi connectivity index (χ3v) is 5.90. The maximum atomic E-state index is 15.2. The second-order valence-corrected chi connectivity index (χ2v) is 7.62. The molecule has 0 spiro atoms. The zero-order valence-corrected chi connectivity index (χ0v) is 15.6. The summed E-state index contributed by atoms with van der Waals surface area (Å²) in [5.74, 6) is -1.76. The molecule has 2 unspecified atom stereocenters. The van der Waals surface area contributed by atoms with E-state index in [0.29, 0.717) is 18.6 Å². The number of carboxylic acids is 1. The van der Waals surface area contributed by atoms with E-state index in [9.17, 15) is 14.7 Å². The second kappa shape index (κ2) is 6.18. The normalized spacial score (nSPS) is 24.9. The summed E-state index contributed by atoms with van der Waals surface area (Å²) in [7, 11) is 0. The molecule has 9 nitrogen and oxygen atoms in total. The first kappa shape index (κ1) is 17.9. The van der Waals surface area contributed by atoms with Gasteiger partial charge in [-0.25, -0.2) is 9.18 Å². The van der Waals surface area contributed by atoms with Crippen molar-refractivity contribution in [3.8, 4) is 5.75 Å². The van der Waals surface area contributed by atoms with Crippen LogP contribution in [0.4, 0.5) is 10.1 Å². The van der Waals surface area contributed by atoms with E-state index >= 15 is 4.39 Å². The van der Waals surface area contributed by atoms with Gasteiger partial charge in [0.05, 0.1) is 35.1 Å². The standard InChI is InChI=1S/C19H19FN4O5/c1-8-7-28-18-15-9(17(25)11(19(26)27)5-24(8)15)2-12(20)16(18)23-4-10-13(3-21)22-29-14(10)6-23/h2,5,8,10,14H,3-4,6-7,21H2,1H3,(H,26,27)/t8-,10?,14?/m0/s1. The topological polar surface area (TPSA) is 119 Å². The number of pyridine rings is 1. The molecule has 3 atom stereocenters. The fourth-order valence-corrected chi connectivity index (χ4v) is 4.43. The maximum absolute atomic E-state index is 15.2. The number of hydrogen-bond donors (Lipinski definition) is 2. The van der Waals surface area contributed by atoms with Crippen LogP contribution in [-0.4, -0.2) is 53.7 Å². The summed E-state index contributed by atoms with van der Waals surface area (Å²) in [4.78, 5) is 31.4. The van der Waals surface area contributed by atoms with Crippen LogP contribution >= 0.6 is 0 Å². The Kier molecular flexibility index (Phi) is 3.82. The van der Waals surface area contributed by atoms with Crippen molar-refractivity contribution in [1.82, 2.24) is 4.57 Å². The van der Waals surface area contributed by atoms with Crippen LogP contribution in [0.25, 0.3) is 10.9 Å². The summed E-state index contributed by atoms with van der Waals surface area (Å²) in [6, 6.07) is 0.896. The highest BCUT2D eigenvalue weighted by molar-refractivity contribution is 5.97. The maximum Gasteiger partial charge on any atom is 0.341 e. The minimum Gasteiger partial charge on any atom is -0.487 e. The van der Waals surface area contributed by atoms with Gasteiger partial charge in [0, 0.05) is 19.3 Å². The number of oxime groups is 1. The van der Waals surface area contributed by atoms with Gasteiger partial charge in [0.25, 0.3) is 0 Å². The first-order valence-electron chi connectivity index (χ1n) is 9.35. The lowest BCUT2D eigenvalue weighted by Crippen LogP contribution is -2.30. The van der Waals surface area contributed by atoms with Gasteiger partial charge in [0.2, 0.25) is 5.43 Å². The van der Waals surface area contributed by atoms with E-state index in [1.807, 2.05) is 11.8 Å². The number of anilines is 1. The minimum absolute atomic E-state index is 0.00690. The fraction of sp³-hybridized carbons (Fsp3) is 0.421. The monoisotopic (exact) mass is 402 g/mol. The molecule has 0 bridgehead atoms. The van der Waals surface area contributed by atoms with Gasteiger partial charge >= 0.3 is 5.97 Å². The Morgan fingerprint density at radius 3 is 2.97 bits per heavy atom. The number of halogens is 1. The molecular weight excluding hydrogens is 383 g/mol. The molecule has 5 rings (SSSR count). The summed E-state index contributed by atoms with van der Waals surface area (Å²) in [5, 5.41) is 13.4. The third kappa shape index (κ3) is 2.45. The SMILES string of the molecule is C[C@H]1COc2c(N3CC4ON=C(CN)C4C3)c(F)cc3c(=O)c(C(=O)O)cn1c23. The zero-order chi connectivity index (χ0) is 20.4. The lowest BCUT2D eigenvalue weighted by Gasteiger charge is -2.31. The summed E-state index contributed by atoms with van der Waals surface area (Å²) >= 11 is 0. The van der Waals surface area contributed by atoms with Crippen LogP contribution in [0.15, 0.2) is 22.2 Å². The number of aromatic carboxylic acids is 1. The van der Waals surface area contributed by atoms with Gasteiger partial charge in [-0.3, -0.25) is 4.79 Å². The van der Waals surface area contributed by atoms with Crippen LogP contribution < -0.4 is 20.8 Å². The van der Waals surface area contributed by atoms with E-state index in [-0.39, 0.29) is 48.0 Å². The molecule has 3 aliphatic heterocycles. The van der Waals surface area contributed by atoms with Crippen molar-refractivity contribution in [2.45, 2.75) is 19.1 Å². The Bertz CT molecular complexity index is 1140. The first-order valence-corrected chi connectivity index (χ1v) is 9.35. The molecule has 1 aromatic carbocycles. The fourth-order valence-electron chi connectivity index (χ4n) is 4.43. The quantitative estimate of drug-likeness (QED) is 0.784. The van der Waals surface area contributed by atoms with Crippen molar-refractivity contribution in [3.63, 3.8) is 0 Å². The number of nitrogens with two attached hydrogens (primary N) is 1. The molecular formula is C19H19FN4O5. The smallest absolute Gasteiger partial charge is 0.341 e. The molecule has 3 N–H and O–H groups in total. The molecule has 152 valence electrons. The van der Waals surface area contributed by atoms with Gasteiger partial charge in [0.15, 0.2) is 17.7 Å². The molecule has 0 saturated carbocycles. The van der Waals surface area contributed by atoms with Gasteiger partial charge in [-0.05, 0) is 13.0 Å². The van der Waals surface area contributed by atoms with Crippen LogP contribution in [0.2, 0.25) is 0 Å². The number of carbonyl (C=O) groups is 1. The molecule has 0 radical (unpaired) electrons. The highest BCUT2D eigenvalue weighted by Crippen LogP contribution is 2.44. The van der Waals surface area contributed by atoms with Crippen molar-refractivity contribution in [1.29, 1.82) is 0 Å². The van der Waals surface area contributed by atoms with Crippen LogP contribution in [-0.2, 0) is 4.84 Å². The Balaban J connectivity index is 1.71. The van der Waals surface area contributed by atoms with E-state index < -0.39 is 22.8 Å². The third-order valence-electron chi connectivity index (χ3n) is 5.90. The number of aromatic nitrogens is 1. The zero-order valence-electron chi connectivity index (χ0n) is 15.6. The highest BCUT2D eigenvalue weighted by atomic mass is 19.1. The average molecular weight is 402 g/mol. The Morgan fingerprint density at radius 2 is 2.24 bits per heavy atom. The second-order valence-electron chi connectivity index (χ2n) is 7.62. The summed E-state index contributed by atoms with van der Waals surface area (Å²) < 4.78 is 22.8. The molecule has 1 saturated heterocycles. The minimum atomic E-state index is -1.34.